The van der Waals surface area contributed by atoms with Gasteiger partial charge in [0.15, 0.2) is 0 Å². The van der Waals surface area contributed by atoms with Crippen LogP contribution in [0.3, 0.4) is 0 Å². The molecule has 0 N–H and O–H groups in total. The van der Waals surface area contributed by atoms with Crippen LogP contribution in [0.5, 0.6) is 11.5 Å². The first-order chi connectivity index (χ1) is 17.2. The number of hydrogen-bond donors (Lipinski definition) is 0. The minimum Gasteiger partial charge on any atom is -0.493 e. The zero-order chi connectivity index (χ0) is 24.3. The maximum atomic E-state index is 5.83. The Morgan fingerprint density at radius 1 is 0.457 bits per heavy atom. The van der Waals surface area contributed by atoms with Gasteiger partial charge in [0.2, 0.25) is 0 Å². The first kappa shape index (κ1) is 23.9. The van der Waals surface area contributed by atoms with Gasteiger partial charge in [0.1, 0.15) is 11.5 Å². The first-order valence-electron chi connectivity index (χ1n) is 11.8. The highest BCUT2D eigenvalue weighted by molar-refractivity contribution is 5.64. The normalized spacial score (nSPS) is 10.4. The van der Waals surface area contributed by atoms with E-state index in [1.165, 1.54) is 11.1 Å². The number of hydrogen-bond acceptors (Lipinski definition) is 3. The monoisotopic (exact) mass is 462 g/mol. The number of ether oxygens (including phenoxy) is 3. The second-order valence-electron chi connectivity index (χ2n) is 8.16. The Morgan fingerprint density at radius 3 is 1.17 bits per heavy atom. The van der Waals surface area contributed by atoms with Crippen LogP contribution in [0, 0.1) is 0 Å². The molecule has 4 rings (SSSR count). The average molecular weight is 463 g/mol. The van der Waals surface area contributed by atoms with Crippen LogP contribution >= 0.6 is 0 Å². The van der Waals surface area contributed by atoms with E-state index in [4.69, 9.17) is 14.2 Å². The lowest BCUT2D eigenvalue weighted by molar-refractivity contribution is 0.227. The summed E-state index contributed by atoms with van der Waals surface area (Å²) in [4.78, 5) is 0. The van der Waals surface area contributed by atoms with Crippen molar-refractivity contribution in [3.63, 3.8) is 0 Å². The molecule has 4 aromatic rings. The Labute approximate surface area is 207 Å². The quantitative estimate of drug-likeness (QED) is 0.198. The second-order valence-corrected chi connectivity index (χ2v) is 8.16. The van der Waals surface area contributed by atoms with E-state index >= 15 is 0 Å². The molecule has 3 heteroatoms. The van der Waals surface area contributed by atoms with Crippen LogP contribution in [0.25, 0.3) is 22.3 Å². The van der Waals surface area contributed by atoms with Gasteiger partial charge in [0.05, 0.1) is 24.7 Å². The summed E-state index contributed by atoms with van der Waals surface area (Å²) in [6, 6.07) is 36.7. The van der Waals surface area contributed by atoms with Crippen LogP contribution in [0.4, 0.5) is 0 Å². The molecule has 0 amide bonds. The van der Waals surface area contributed by atoms with Gasteiger partial charge < -0.3 is 14.2 Å². The molecule has 0 atom stereocenters. The molecule has 0 saturated heterocycles. The molecule has 0 saturated carbocycles. The van der Waals surface area contributed by atoms with Crippen LogP contribution in [-0.4, -0.2) is 13.2 Å². The van der Waals surface area contributed by atoms with Crippen molar-refractivity contribution < 1.29 is 14.2 Å². The summed E-state index contributed by atoms with van der Waals surface area (Å²) in [5.74, 6) is 2.90. The molecule has 0 aliphatic carbocycles. The molecule has 0 heterocycles. The molecular formula is C32H30O3. The van der Waals surface area contributed by atoms with Crippen LogP contribution in [-0.2, 0) is 4.74 Å². The lowest BCUT2D eigenvalue weighted by Gasteiger charge is -2.13. The highest BCUT2D eigenvalue weighted by Gasteiger charge is 2.04. The van der Waals surface area contributed by atoms with Gasteiger partial charge in [-0.1, -0.05) is 98.1 Å². The van der Waals surface area contributed by atoms with Gasteiger partial charge in [-0.25, -0.2) is 0 Å². The fraction of sp³-hybridized carbons (Fsp3) is 0.125. The predicted octanol–water partition coefficient (Wildman–Crippen LogP) is 8.30. The smallest absolute Gasteiger partial charge is 0.119 e. The average Bonchev–Trinajstić information content (AvgIpc) is 2.90. The van der Waals surface area contributed by atoms with E-state index in [0.717, 1.165) is 22.6 Å². The zero-order valence-corrected chi connectivity index (χ0v) is 19.9. The van der Waals surface area contributed by atoms with Gasteiger partial charge >= 0.3 is 0 Å². The summed E-state index contributed by atoms with van der Waals surface area (Å²) in [5, 5.41) is 0. The fourth-order valence-corrected chi connectivity index (χ4v) is 3.62. The zero-order valence-electron chi connectivity index (χ0n) is 19.9. The summed E-state index contributed by atoms with van der Waals surface area (Å²) in [5.41, 5.74) is 4.70. The van der Waals surface area contributed by atoms with E-state index in [0.29, 0.717) is 37.6 Å². The summed E-state index contributed by atoms with van der Waals surface area (Å²) >= 11 is 0. The van der Waals surface area contributed by atoms with E-state index in [1.54, 1.807) is 0 Å². The summed E-state index contributed by atoms with van der Waals surface area (Å²) in [6.07, 6.45) is 1.17. The second kappa shape index (κ2) is 12.3. The van der Waals surface area contributed by atoms with E-state index in [2.05, 4.69) is 61.7 Å². The van der Waals surface area contributed by atoms with Crippen LogP contribution < -0.4 is 9.47 Å². The fourth-order valence-electron chi connectivity index (χ4n) is 3.62. The maximum Gasteiger partial charge on any atom is 0.119 e. The summed E-state index contributed by atoms with van der Waals surface area (Å²) in [7, 11) is 0. The first-order valence-corrected chi connectivity index (χ1v) is 11.8. The molecule has 3 nitrogen and oxygen atoms in total. The van der Waals surface area contributed by atoms with Crippen molar-refractivity contribution in [3.05, 3.63) is 134 Å². The molecular weight excluding hydrogens is 432 g/mol. The largest absolute Gasteiger partial charge is 0.493 e. The van der Waals surface area contributed by atoms with Crippen molar-refractivity contribution >= 4 is 0 Å². The molecule has 0 aromatic heterocycles. The van der Waals surface area contributed by atoms with Gasteiger partial charge in [-0.2, -0.15) is 0 Å². The number of rotatable bonds is 12. The van der Waals surface area contributed by atoms with E-state index in [9.17, 15) is 0 Å². The lowest BCUT2D eigenvalue weighted by Crippen LogP contribution is -2.03. The van der Waals surface area contributed by atoms with Gasteiger partial charge in [0.25, 0.3) is 0 Å². The van der Waals surface area contributed by atoms with Gasteiger partial charge in [-0.05, 0) is 46.5 Å². The van der Waals surface area contributed by atoms with Gasteiger partial charge in [-0.15, -0.1) is 0 Å². The third-order valence-corrected chi connectivity index (χ3v) is 5.51. The van der Waals surface area contributed by atoms with Gasteiger partial charge in [-0.3, -0.25) is 0 Å². The van der Waals surface area contributed by atoms with E-state index < -0.39 is 0 Å². The van der Waals surface area contributed by atoms with E-state index in [-0.39, 0.29) is 0 Å². The molecule has 0 aliphatic heterocycles. The highest BCUT2D eigenvalue weighted by Crippen LogP contribution is 2.24. The highest BCUT2D eigenvalue weighted by atomic mass is 16.5. The van der Waals surface area contributed by atoms with Gasteiger partial charge in [0, 0.05) is 12.8 Å². The molecule has 35 heavy (non-hydrogen) atoms. The Bertz CT molecular complexity index is 1110. The molecule has 0 fully saturated rings. The Kier molecular flexibility index (Phi) is 8.39. The van der Waals surface area contributed by atoms with Crippen molar-refractivity contribution in [2.75, 3.05) is 13.2 Å². The topological polar surface area (TPSA) is 27.7 Å². The molecule has 4 aromatic carbocycles. The maximum absolute atomic E-state index is 5.83. The Hall–Kier alpha value is -4.24. The molecule has 0 aliphatic rings. The molecule has 0 unspecified atom stereocenters. The minimum absolute atomic E-state index is 0.487. The Morgan fingerprint density at radius 2 is 0.800 bits per heavy atom. The summed E-state index contributed by atoms with van der Waals surface area (Å²) < 4.78 is 17.4. The molecule has 0 radical (unpaired) electrons. The molecule has 0 bridgehead atoms. The molecule has 176 valence electrons. The third-order valence-electron chi connectivity index (χ3n) is 5.51. The standard InChI is InChI=1S/C32H30O3/c1-25(21-23-33-31-17-13-29(14-18-31)27-9-5-3-6-10-27)35-26(2)22-24-34-32-19-15-30(16-20-32)28-11-7-4-8-12-28/h3-20H,1-2,21-24H2. The van der Waals surface area contributed by atoms with Crippen LogP contribution in [0.1, 0.15) is 12.8 Å². The predicted molar refractivity (Wildman–Crippen MR) is 143 cm³/mol. The van der Waals surface area contributed by atoms with Crippen molar-refractivity contribution in [2.45, 2.75) is 12.8 Å². The van der Waals surface area contributed by atoms with Crippen LogP contribution in [0.15, 0.2) is 134 Å². The lowest BCUT2D eigenvalue weighted by atomic mass is 10.1. The third kappa shape index (κ3) is 7.38. The van der Waals surface area contributed by atoms with Crippen molar-refractivity contribution in [1.29, 1.82) is 0 Å². The Balaban J connectivity index is 1.13. The van der Waals surface area contributed by atoms with E-state index in [1.807, 2.05) is 60.7 Å². The summed E-state index contributed by atoms with van der Waals surface area (Å²) in [6.45, 7) is 8.94. The van der Waals surface area contributed by atoms with Crippen molar-refractivity contribution in [2.24, 2.45) is 0 Å². The number of benzene rings is 4. The SMILES string of the molecule is C=C(CCOc1ccc(-c2ccccc2)cc1)OC(=C)CCOc1ccc(-c2ccccc2)cc1. The van der Waals surface area contributed by atoms with Crippen LogP contribution in [0.2, 0.25) is 0 Å². The van der Waals surface area contributed by atoms with Crippen molar-refractivity contribution in [3.8, 4) is 33.8 Å². The minimum atomic E-state index is 0.487. The van der Waals surface area contributed by atoms with Crippen molar-refractivity contribution in [1.82, 2.24) is 0 Å². The molecule has 0 spiro atoms.